The smallest absolute Gasteiger partial charge is 0.312 e. The third-order valence-corrected chi connectivity index (χ3v) is 3.38. The maximum atomic E-state index is 12.6. The molecule has 22 heavy (non-hydrogen) atoms. The number of ether oxygens (including phenoxy) is 1. The first-order valence-electron chi connectivity index (χ1n) is 7.11. The number of benzene rings is 1. The van der Waals surface area contributed by atoms with Crippen LogP contribution in [0.3, 0.4) is 0 Å². The number of aromatic nitrogens is 2. The number of hydrogen-bond acceptors (Lipinski definition) is 5. The first kappa shape index (κ1) is 16.2. The van der Waals surface area contributed by atoms with Crippen LogP contribution in [0.1, 0.15) is 32.2 Å². The summed E-state index contributed by atoms with van der Waals surface area (Å²) < 4.78 is 6.57. The van der Waals surface area contributed by atoms with Gasteiger partial charge in [-0.3, -0.25) is 14.2 Å². The van der Waals surface area contributed by atoms with Crippen LogP contribution in [0.4, 0.5) is 0 Å². The quantitative estimate of drug-likeness (QED) is 0.872. The third-order valence-electron chi connectivity index (χ3n) is 3.38. The number of esters is 1. The molecule has 0 aliphatic heterocycles. The van der Waals surface area contributed by atoms with Crippen molar-refractivity contribution in [1.82, 2.24) is 9.55 Å². The summed E-state index contributed by atoms with van der Waals surface area (Å²) in [6.45, 7) is 7.20. The fourth-order valence-electron chi connectivity index (χ4n) is 2.00. The van der Waals surface area contributed by atoms with Crippen molar-refractivity contribution in [2.24, 2.45) is 11.1 Å². The van der Waals surface area contributed by atoms with Crippen LogP contribution in [-0.2, 0) is 22.8 Å². The second-order valence-electron chi connectivity index (χ2n) is 6.26. The fraction of sp³-hybridized carbons (Fsp3) is 0.438. The molecule has 6 nitrogen and oxygen atoms in total. The predicted molar refractivity (Wildman–Crippen MR) is 84.2 cm³/mol. The molecule has 2 N–H and O–H groups in total. The summed E-state index contributed by atoms with van der Waals surface area (Å²) in [6, 6.07) is 5.35. The Bertz CT molecular complexity index is 773. The normalized spacial score (nSPS) is 11.7. The molecule has 6 heteroatoms. The lowest BCUT2D eigenvalue weighted by Gasteiger charge is -2.18. The van der Waals surface area contributed by atoms with Gasteiger partial charge >= 0.3 is 5.97 Å². The average molecular weight is 303 g/mol. The maximum Gasteiger partial charge on any atom is 0.312 e. The Morgan fingerprint density at radius 3 is 2.64 bits per heavy atom. The summed E-state index contributed by atoms with van der Waals surface area (Å²) in [5, 5.41) is 0.473. The van der Waals surface area contributed by atoms with Crippen molar-refractivity contribution < 1.29 is 9.53 Å². The molecule has 118 valence electrons. The molecule has 0 amide bonds. The van der Waals surface area contributed by atoms with E-state index < -0.39 is 5.41 Å². The van der Waals surface area contributed by atoms with E-state index in [1.54, 1.807) is 39.8 Å². The molecule has 1 aromatic heterocycles. The summed E-state index contributed by atoms with van der Waals surface area (Å²) in [7, 11) is 0. The van der Waals surface area contributed by atoms with Crippen LogP contribution in [0.5, 0.6) is 0 Å². The van der Waals surface area contributed by atoms with Crippen molar-refractivity contribution in [2.75, 3.05) is 0 Å². The molecular weight excluding hydrogens is 282 g/mol. The van der Waals surface area contributed by atoms with E-state index >= 15 is 0 Å². The monoisotopic (exact) mass is 303 g/mol. The van der Waals surface area contributed by atoms with Crippen molar-refractivity contribution >= 4 is 16.9 Å². The molecular formula is C16H21N3O3. The Balaban J connectivity index is 2.42. The van der Waals surface area contributed by atoms with E-state index in [0.29, 0.717) is 23.3 Å². The van der Waals surface area contributed by atoms with Gasteiger partial charge in [0.2, 0.25) is 0 Å². The third kappa shape index (κ3) is 3.17. The molecule has 0 spiro atoms. The second kappa shape index (κ2) is 5.88. The fourth-order valence-corrected chi connectivity index (χ4v) is 2.00. The zero-order chi connectivity index (χ0) is 16.5. The number of aryl methyl sites for hydroxylation is 1. The van der Waals surface area contributed by atoms with Crippen LogP contribution >= 0.6 is 0 Å². The van der Waals surface area contributed by atoms with E-state index in [1.807, 2.05) is 6.07 Å². The van der Waals surface area contributed by atoms with Gasteiger partial charge in [0.05, 0.1) is 16.3 Å². The van der Waals surface area contributed by atoms with E-state index in [1.165, 1.54) is 4.57 Å². The van der Waals surface area contributed by atoms with E-state index in [9.17, 15) is 9.59 Å². The van der Waals surface area contributed by atoms with Crippen LogP contribution in [-0.4, -0.2) is 15.5 Å². The number of hydrogen-bond donors (Lipinski definition) is 1. The van der Waals surface area contributed by atoms with E-state index in [2.05, 4.69) is 4.98 Å². The van der Waals surface area contributed by atoms with Gasteiger partial charge in [0.15, 0.2) is 6.73 Å². The largest absolute Gasteiger partial charge is 0.443 e. The number of nitrogens with two attached hydrogens (primary N) is 1. The van der Waals surface area contributed by atoms with Gasteiger partial charge in [0.1, 0.15) is 5.82 Å². The minimum atomic E-state index is -0.617. The van der Waals surface area contributed by atoms with Gasteiger partial charge in [-0.1, -0.05) is 6.07 Å². The highest BCUT2D eigenvalue weighted by Crippen LogP contribution is 2.16. The molecule has 0 bridgehead atoms. The molecule has 1 heterocycles. The Labute approximate surface area is 128 Å². The summed E-state index contributed by atoms with van der Waals surface area (Å²) in [5.41, 5.74) is 6.22. The van der Waals surface area contributed by atoms with E-state index in [4.69, 9.17) is 10.5 Å². The summed E-state index contributed by atoms with van der Waals surface area (Å²) in [4.78, 5) is 28.8. The lowest BCUT2D eigenvalue weighted by molar-refractivity contribution is -0.157. The van der Waals surface area contributed by atoms with Gasteiger partial charge in [-0.2, -0.15) is 0 Å². The second-order valence-corrected chi connectivity index (χ2v) is 6.26. The van der Waals surface area contributed by atoms with Gasteiger partial charge in [-0.25, -0.2) is 4.98 Å². The van der Waals surface area contributed by atoms with Crippen molar-refractivity contribution in [3.63, 3.8) is 0 Å². The van der Waals surface area contributed by atoms with Crippen LogP contribution in [0.15, 0.2) is 23.0 Å². The minimum absolute atomic E-state index is 0.142. The van der Waals surface area contributed by atoms with Crippen LogP contribution in [0, 0.1) is 12.3 Å². The zero-order valence-corrected chi connectivity index (χ0v) is 13.3. The SMILES string of the molecule is Cc1nc2ccc(CN)cc2c(=O)n1COC(=O)C(C)(C)C. The Kier molecular flexibility index (Phi) is 4.32. The molecule has 0 aliphatic carbocycles. The first-order chi connectivity index (χ1) is 10.2. The van der Waals surface area contributed by atoms with Crippen molar-refractivity contribution in [2.45, 2.75) is 41.0 Å². The highest BCUT2D eigenvalue weighted by atomic mass is 16.5. The van der Waals surface area contributed by atoms with Gasteiger partial charge in [0, 0.05) is 6.54 Å². The molecule has 0 radical (unpaired) electrons. The average Bonchev–Trinajstić information content (AvgIpc) is 2.45. The number of carbonyl (C=O) groups excluding carboxylic acids is 1. The van der Waals surface area contributed by atoms with E-state index in [0.717, 1.165) is 5.56 Å². The van der Waals surface area contributed by atoms with Crippen LogP contribution in [0.2, 0.25) is 0 Å². The lowest BCUT2D eigenvalue weighted by Crippen LogP contribution is -2.29. The lowest BCUT2D eigenvalue weighted by atomic mass is 9.98. The summed E-state index contributed by atoms with van der Waals surface area (Å²) in [5.74, 6) is 0.134. The van der Waals surface area contributed by atoms with Gasteiger partial charge in [-0.05, 0) is 45.4 Å². The Hall–Kier alpha value is -2.21. The zero-order valence-electron chi connectivity index (χ0n) is 13.3. The standard InChI is InChI=1S/C16H21N3O3/c1-10-18-13-6-5-11(8-17)7-12(13)14(20)19(10)9-22-15(21)16(2,3)4/h5-7H,8-9,17H2,1-4H3. The highest BCUT2D eigenvalue weighted by Gasteiger charge is 2.23. The number of carbonyl (C=O) groups is 1. The van der Waals surface area contributed by atoms with Crippen molar-refractivity contribution in [3.8, 4) is 0 Å². The Morgan fingerprint density at radius 1 is 1.36 bits per heavy atom. The molecule has 0 saturated heterocycles. The molecule has 2 rings (SSSR count). The molecule has 0 atom stereocenters. The molecule has 2 aromatic rings. The summed E-state index contributed by atoms with van der Waals surface area (Å²) in [6.07, 6.45) is 0. The van der Waals surface area contributed by atoms with Crippen molar-refractivity contribution in [1.29, 1.82) is 0 Å². The van der Waals surface area contributed by atoms with Gasteiger partial charge in [0.25, 0.3) is 5.56 Å². The Morgan fingerprint density at radius 2 is 2.05 bits per heavy atom. The van der Waals surface area contributed by atoms with E-state index in [-0.39, 0.29) is 18.3 Å². The molecule has 0 aliphatic rings. The van der Waals surface area contributed by atoms with Crippen LogP contribution < -0.4 is 11.3 Å². The first-order valence-corrected chi connectivity index (χ1v) is 7.11. The molecule has 0 fully saturated rings. The molecule has 0 unspecified atom stereocenters. The topological polar surface area (TPSA) is 87.2 Å². The molecule has 0 saturated carbocycles. The van der Waals surface area contributed by atoms with Crippen molar-refractivity contribution in [3.05, 3.63) is 39.9 Å². The maximum absolute atomic E-state index is 12.6. The van der Waals surface area contributed by atoms with Gasteiger partial charge < -0.3 is 10.5 Å². The number of nitrogens with zero attached hydrogens (tertiary/aromatic N) is 2. The molecule has 1 aromatic carbocycles. The predicted octanol–water partition coefficient (Wildman–Crippen LogP) is 1.71. The summed E-state index contributed by atoms with van der Waals surface area (Å²) >= 11 is 0. The van der Waals surface area contributed by atoms with Gasteiger partial charge in [-0.15, -0.1) is 0 Å². The van der Waals surface area contributed by atoms with Crippen LogP contribution in [0.25, 0.3) is 10.9 Å². The number of rotatable bonds is 3. The number of fused-ring (bicyclic) bond motifs is 1. The highest BCUT2D eigenvalue weighted by molar-refractivity contribution is 5.78. The minimum Gasteiger partial charge on any atom is -0.443 e.